The summed E-state index contributed by atoms with van der Waals surface area (Å²) in [7, 11) is 3.21. The van der Waals surface area contributed by atoms with E-state index in [4.69, 9.17) is 21.1 Å². The van der Waals surface area contributed by atoms with Gasteiger partial charge in [-0.2, -0.15) is 5.10 Å². The average molecular weight is 398 g/mol. The summed E-state index contributed by atoms with van der Waals surface area (Å²) >= 11 is 5.86. The summed E-state index contributed by atoms with van der Waals surface area (Å²) in [5.41, 5.74) is 1.80. The van der Waals surface area contributed by atoms with Gasteiger partial charge in [-0.25, -0.2) is 4.68 Å². The number of halogens is 1. The van der Waals surface area contributed by atoms with E-state index in [-0.39, 0.29) is 5.91 Å². The van der Waals surface area contributed by atoms with Crippen LogP contribution in [-0.2, 0) is 11.3 Å². The number of anilines is 1. The van der Waals surface area contributed by atoms with E-state index < -0.39 is 0 Å². The highest BCUT2D eigenvalue weighted by molar-refractivity contribution is 6.30. The molecule has 1 N–H and O–H groups in total. The predicted octanol–water partition coefficient (Wildman–Crippen LogP) is 4.25. The van der Waals surface area contributed by atoms with Crippen molar-refractivity contribution >= 4 is 29.4 Å². The van der Waals surface area contributed by atoms with Gasteiger partial charge in [0.2, 0.25) is 5.91 Å². The number of amides is 1. The summed E-state index contributed by atoms with van der Waals surface area (Å²) in [6.45, 7) is 0.441. The second-order valence-corrected chi connectivity index (χ2v) is 6.36. The fourth-order valence-corrected chi connectivity index (χ4v) is 2.75. The van der Waals surface area contributed by atoms with E-state index in [9.17, 15) is 4.79 Å². The van der Waals surface area contributed by atoms with E-state index in [0.717, 1.165) is 11.1 Å². The number of carbonyl (C=O) groups excluding carboxylic acids is 1. The van der Waals surface area contributed by atoms with Crippen molar-refractivity contribution < 1.29 is 14.3 Å². The van der Waals surface area contributed by atoms with Crippen molar-refractivity contribution in [3.05, 3.63) is 77.0 Å². The maximum absolute atomic E-state index is 12.3. The van der Waals surface area contributed by atoms with Crippen LogP contribution in [0.5, 0.6) is 11.5 Å². The lowest BCUT2D eigenvalue weighted by Crippen LogP contribution is -2.14. The third kappa shape index (κ3) is 4.92. The van der Waals surface area contributed by atoms with Gasteiger partial charge in [-0.05, 0) is 35.9 Å². The zero-order valence-electron chi connectivity index (χ0n) is 15.6. The Labute approximate surface area is 168 Å². The van der Waals surface area contributed by atoms with Crippen molar-refractivity contribution in [2.75, 3.05) is 19.5 Å². The molecule has 0 aliphatic carbocycles. The van der Waals surface area contributed by atoms with Gasteiger partial charge in [-0.1, -0.05) is 23.7 Å². The molecule has 0 saturated heterocycles. The number of nitrogens with one attached hydrogen (secondary N) is 1. The Hall–Kier alpha value is -3.25. The molecular weight excluding hydrogens is 378 g/mol. The monoisotopic (exact) mass is 397 g/mol. The van der Waals surface area contributed by atoms with E-state index >= 15 is 0 Å². The number of carbonyl (C=O) groups is 1. The van der Waals surface area contributed by atoms with Crippen molar-refractivity contribution in [2.24, 2.45) is 0 Å². The number of rotatable bonds is 7. The lowest BCUT2D eigenvalue weighted by Gasteiger charge is -2.12. The molecule has 1 heterocycles. The van der Waals surface area contributed by atoms with Gasteiger partial charge in [-0.3, -0.25) is 4.79 Å². The molecule has 7 heteroatoms. The van der Waals surface area contributed by atoms with Crippen LogP contribution in [0, 0.1) is 0 Å². The number of methoxy groups -OCH3 is 2. The Morgan fingerprint density at radius 2 is 1.93 bits per heavy atom. The highest BCUT2D eigenvalue weighted by Crippen LogP contribution is 2.26. The van der Waals surface area contributed by atoms with Crippen LogP contribution in [0.25, 0.3) is 6.08 Å². The molecule has 0 aliphatic heterocycles. The summed E-state index contributed by atoms with van der Waals surface area (Å²) in [6, 6.07) is 14.5. The first-order valence-corrected chi connectivity index (χ1v) is 8.94. The maximum Gasteiger partial charge on any atom is 0.249 e. The minimum atomic E-state index is -0.251. The lowest BCUT2D eigenvalue weighted by molar-refractivity contribution is -0.111. The quantitative estimate of drug-likeness (QED) is 0.605. The number of benzene rings is 2. The number of hydrogen-bond acceptors (Lipinski definition) is 4. The molecule has 3 rings (SSSR count). The molecule has 0 bridgehead atoms. The highest BCUT2D eigenvalue weighted by atomic mass is 35.5. The van der Waals surface area contributed by atoms with Crippen molar-refractivity contribution in [1.29, 1.82) is 0 Å². The first kappa shape index (κ1) is 19.5. The van der Waals surface area contributed by atoms with Crippen LogP contribution >= 0.6 is 11.6 Å². The molecule has 0 fully saturated rings. The number of nitrogens with zero attached hydrogens (tertiary/aromatic N) is 2. The zero-order valence-corrected chi connectivity index (χ0v) is 16.3. The van der Waals surface area contributed by atoms with Crippen LogP contribution in [-0.4, -0.2) is 29.9 Å². The van der Waals surface area contributed by atoms with Crippen LogP contribution in [0.3, 0.4) is 0 Å². The number of aromatic nitrogens is 2. The number of hydrogen-bond donors (Lipinski definition) is 1. The van der Waals surface area contributed by atoms with Gasteiger partial charge in [0.15, 0.2) is 0 Å². The molecule has 0 atom stereocenters. The normalized spacial score (nSPS) is 10.8. The molecule has 0 radical (unpaired) electrons. The third-order valence-electron chi connectivity index (χ3n) is 4.08. The molecule has 3 aromatic rings. The minimum absolute atomic E-state index is 0.251. The van der Waals surface area contributed by atoms with Gasteiger partial charge in [0.25, 0.3) is 0 Å². The summed E-state index contributed by atoms with van der Waals surface area (Å²) in [4.78, 5) is 12.3. The van der Waals surface area contributed by atoms with Crippen LogP contribution in [0.2, 0.25) is 5.02 Å². The molecule has 0 unspecified atom stereocenters. The van der Waals surface area contributed by atoms with Gasteiger partial charge in [0, 0.05) is 28.8 Å². The topological polar surface area (TPSA) is 65.4 Å². The molecule has 0 spiro atoms. The summed E-state index contributed by atoms with van der Waals surface area (Å²) in [5, 5.41) is 7.77. The highest BCUT2D eigenvalue weighted by Gasteiger charge is 2.10. The van der Waals surface area contributed by atoms with Gasteiger partial charge in [-0.15, -0.1) is 0 Å². The Morgan fingerprint density at radius 3 is 2.64 bits per heavy atom. The maximum atomic E-state index is 12.3. The Bertz CT molecular complexity index is 981. The summed E-state index contributed by atoms with van der Waals surface area (Å²) < 4.78 is 12.3. The average Bonchev–Trinajstić information content (AvgIpc) is 3.14. The van der Waals surface area contributed by atoms with Crippen molar-refractivity contribution in [2.45, 2.75) is 6.54 Å². The first-order valence-electron chi connectivity index (χ1n) is 8.56. The zero-order chi connectivity index (χ0) is 19.9. The molecular formula is C21H20ClN3O3. The van der Waals surface area contributed by atoms with E-state index in [2.05, 4.69) is 10.4 Å². The molecule has 0 aliphatic rings. The first-order chi connectivity index (χ1) is 13.6. The van der Waals surface area contributed by atoms with E-state index in [1.165, 1.54) is 6.08 Å². The van der Waals surface area contributed by atoms with Crippen molar-refractivity contribution in [3.63, 3.8) is 0 Å². The summed E-state index contributed by atoms with van der Waals surface area (Å²) in [6.07, 6.45) is 4.82. The second-order valence-electron chi connectivity index (χ2n) is 5.93. The fourth-order valence-electron chi connectivity index (χ4n) is 2.62. The molecule has 144 valence electrons. The van der Waals surface area contributed by atoms with Gasteiger partial charge in [0.05, 0.1) is 27.0 Å². The Kier molecular flexibility index (Phi) is 6.34. The molecule has 1 amide bonds. The Balaban J connectivity index is 1.70. The largest absolute Gasteiger partial charge is 0.497 e. The fraction of sp³-hybridized carbons (Fsp3) is 0.143. The molecule has 2 aromatic carbocycles. The third-order valence-corrected chi connectivity index (χ3v) is 4.33. The molecule has 28 heavy (non-hydrogen) atoms. The molecule has 0 saturated carbocycles. The van der Waals surface area contributed by atoms with E-state index in [1.807, 2.05) is 30.3 Å². The SMILES string of the molecule is COc1ccc(Cn2nccc2NC(=O)C=Cc2ccc(Cl)cc2)c(OC)c1. The predicted molar refractivity (Wildman–Crippen MR) is 110 cm³/mol. The van der Waals surface area contributed by atoms with Gasteiger partial charge in [0.1, 0.15) is 17.3 Å². The van der Waals surface area contributed by atoms with Crippen molar-refractivity contribution in [1.82, 2.24) is 9.78 Å². The number of ether oxygens (including phenoxy) is 2. The Morgan fingerprint density at radius 1 is 1.14 bits per heavy atom. The van der Waals surface area contributed by atoms with Gasteiger partial charge < -0.3 is 14.8 Å². The molecule has 6 nitrogen and oxygen atoms in total. The second kappa shape index (κ2) is 9.10. The van der Waals surface area contributed by atoms with E-state index in [1.54, 1.807) is 49.4 Å². The van der Waals surface area contributed by atoms with E-state index in [0.29, 0.717) is 28.9 Å². The smallest absolute Gasteiger partial charge is 0.249 e. The van der Waals surface area contributed by atoms with Crippen LogP contribution < -0.4 is 14.8 Å². The standard InChI is InChI=1S/C21H20ClN3O3/c1-27-18-9-6-16(19(13-18)28-2)14-25-20(11-12-23-25)24-21(26)10-5-15-3-7-17(22)8-4-15/h3-13H,14H2,1-2H3,(H,24,26). The minimum Gasteiger partial charge on any atom is -0.497 e. The van der Waals surface area contributed by atoms with Crippen LogP contribution in [0.1, 0.15) is 11.1 Å². The molecule has 1 aromatic heterocycles. The van der Waals surface area contributed by atoms with Gasteiger partial charge >= 0.3 is 0 Å². The van der Waals surface area contributed by atoms with Crippen molar-refractivity contribution in [3.8, 4) is 11.5 Å². The lowest BCUT2D eigenvalue weighted by atomic mass is 10.2. The van der Waals surface area contributed by atoms with Crippen LogP contribution in [0.15, 0.2) is 60.8 Å². The van der Waals surface area contributed by atoms with Crippen LogP contribution in [0.4, 0.5) is 5.82 Å². The summed E-state index contributed by atoms with van der Waals surface area (Å²) in [5.74, 6) is 1.73.